The van der Waals surface area contributed by atoms with E-state index < -0.39 is 0 Å². The van der Waals surface area contributed by atoms with Gasteiger partial charge in [-0.3, -0.25) is 0 Å². The molecule has 3 aromatic rings. The van der Waals surface area contributed by atoms with E-state index in [0.717, 1.165) is 39.5 Å². The lowest BCUT2D eigenvalue weighted by atomic mass is 10.2. The van der Waals surface area contributed by atoms with Gasteiger partial charge in [-0.05, 0) is 18.2 Å². The number of aryl methyl sites for hydroxylation is 1. The molecule has 1 aromatic carbocycles. The number of nitrogens with one attached hydrogen (secondary N) is 1. The van der Waals surface area contributed by atoms with Crippen LogP contribution in [0.3, 0.4) is 0 Å². The maximum Gasteiger partial charge on any atom is 0.123 e. The summed E-state index contributed by atoms with van der Waals surface area (Å²) in [5.41, 5.74) is 9.70. The van der Waals surface area contributed by atoms with Crippen LogP contribution in [0.2, 0.25) is 0 Å². The highest BCUT2D eigenvalue weighted by molar-refractivity contribution is 7.13. The first-order chi connectivity index (χ1) is 8.80. The van der Waals surface area contributed by atoms with Crippen molar-refractivity contribution in [2.24, 2.45) is 5.73 Å². The largest absolute Gasteiger partial charge is 0.342 e. The summed E-state index contributed by atoms with van der Waals surface area (Å²) in [6, 6.07) is 6.19. The van der Waals surface area contributed by atoms with Crippen molar-refractivity contribution in [1.29, 1.82) is 0 Å². The molecule has 0 fully saturated rings. The quantitative estimate of drug-likeness (QED) is 0.759. The van der Waals surface area contributed by atoms with Crippen molar-refractivity contribution in [3.63, 3.8) is 0 Å². The van der Waals surface area contributed by atoms with Crippen LogP contribution < -0.4 is 5.73 Å². The minimum atomic E-state index is 0.489. The summed E-state index contributed by atoms with van der Waals surface area (Å²) >= 11 is 1.62. The van der Waals surface area contributed by atoms with Crippen molar-refractivity contribution in [2.75, 3.05) is 0 Å². The summed E-state index contributed by atoms with van der Waals surface area (Å²) in [5.74, 6) is 1.02. The summed E-state index contributed by atoms with van der Waals surface area (Å²) < 4.78 is 0. The van der Waals surface area contributed by atoms with Crippen LogP contribution in [0, 0.1) is 0 Å². The molecule has 3 N–H and O–H groups in total. The number of nitrogens with two attached hydrogens (primary N) is 1. The molecular weight excluding hydrogens is 244 g/mol. The molecule has 2 aromatic heterocycles. The lowest BCUT2D eigenvalue weighted by Crippen LogP contribution is -1.95. The second kappa shape index (κ2) is 4.51. The molecule has 0 aliphatic carbocycles. The SMILES string of the molecule is CCc1nc2ccc(-c3nc(CN)cs3)cc2[nH]1. The molecule has 0 spiro atoms. The second-order valence-electron chi connectivity index (χ2n) is 4.12. The molecule has 0 aliphatic rings. The summed E-state index contributed by atoms with van der Waals surface area (Å²) in [7, 11) is 0. The van der Waals surface area contributed by atoms with Crippen LogP contribution in [0.4, 0.5) is 0 Å². The zero-order valence-corrected chi connectivity index (χ0v) is 10.9. The molecule has 0 atom stereocenters. The Balaban J connectivity index is 2.06. The van der Waals surface area contributed by atoms with Crippen molar-refractivity contribution < 1.29 is 0 Å². The fourth-order valence-corrected chi connectivity index (χ4v) is 2.73. The molecule has 0 amide bonds. The van der Waals surface area contributed by atoms with E-state index in [1.807, 2.05) is 11.4 Å². The number of imidazole rings is 1. The molecule has 0 saturated carbocycles. The minimum absolute atomic E-state index is 0.489. The van der Waals surface area contributed by atoms with Gasteiger partial charge in [0.2, 0.25) is 0 Å². The predicted molar refractivity (Wildman–Crippen MR) is 74.5 cm³/mol. The van der Waals surface area contributed by atoms with Gasteiger partial charge >= 0.3 is 0 Å². The fraction of sp³-hybridized carbons (Fsp3) is 0.231. The summed E-state index contributed by atoms with van der Waals surface area (Å²) in [4.78, 5) is 12.3. The number of fused-ring (bicyclic) bond motifs is 1. The second-order valence-corrected chi connectivity index (χ2v) is 4.98. The van der Waals surface area contributed by atoms with Gasteiger partial charge in [-0.15, -0.1) is 11.3 Å². The van der Waals surface area contributed by atoms with E-state index in [9.17, 15) is 0 Å². The highest BCUT2D eigenvalue weighted by Crippen LogP contribution is 2.26. The number of benzene rings is 1. The Kier molecular flexibility index (Phi) is 2.85. The van der Waals surface area contributed by atoms with Crippen molar-refractivity contribution in [1.82, 2.24) is 15.0 Å². The molecule has 0 unspecified atom stereocenters. The number of hydrogen-bond acceptors (Lipinski definition) is 4. The van der Waals surface area contributed by atoms with Crippen LogP contribution in [0.1, 0.15) is 18.4 Å². The van der Waals surface area contributed by atoms with E-state index in [2.05, 4.69) is 34.0 Å². The Labute approximate surface area is 109 Å². The minimum Gasteiger partial charge on any atom is -0.342 e. The van der Waals surface area contributed by atoms with Gasteiger partial charge in [0.15, 0.2) is 0 Å². The van der Waals surface area contributed by atoms with Crippen molar-refractivity contribution >= 4 is 22.4 Å². The number of rotatable bonds is 3. The van der Waals surface area contributed by atoms with E-state index in [4.69, 9.17) is 5.73 Å². The smallest absolute Gasteiger partial charge is 0.123 e. The molecule has 0 radical (unpaired) electrons. The van der Waals surface area contributed by atoms with Gasteiger partial charge in [0.1, 0.15) is 10.8 Å². The number of aromatic nitrogens is 3. The molecule has 92 valence electrons. The molecular formula is C13H14N4S. The standard InChI is InChI=1S/C13H14N4S/c1-2-12-16-10-4-3-8(5-11(10)17-12)13-15-9(6-14)7-18-13/h3-5,7H,2,6,14H2,1H3,(H,16,17). The van der Waals surface area contributed by atoms with Crippen molar-refractivity contribution in [3.05, 3.63) is 35.1 Å². The van der Waals surface area contributed by atoms with Gasteiger partial charge in [0.25, 0.3) is 0 Å². The van der Waals surface area contributed by atoms with Crippen LogP contribution in [0.25, 0.3) is 21.6 Å². The normalized spacial score (nSPS) is 11.2. The molecule has 3 rings (SSSR count). The molecule has 4 nitrogen and oxygen atoms in total. The Morgan fingerprint density at radius 1 is 1.33 bits per heavy atom. The fourth-order valence-electron chi connectivity index (χ4n) is 1.90. The van der Waals surface area contributed by atoms with Gasteiger partial charge in [-0.1, -0.05) is 6.92 Å². The first-order valence-electron chi connectivity index (χ1n) is 5.93. The summed E-state index contributed by atoms with van der Waals surface area (Å²) in [5, 5.41) is 3.01. The average Bonchev–Trinajstić information content (AvgIpc) is 3.03. The molecule has 0 aliphatic heterocycles. The third kappa shape index (κ3) is 1.91. The lowest BCUT2D eigenvalue weighted by molar-refractivity contribution is 1.00. The number of hydrogen-bond donors (Lipinski definition) is 2. The molecule has 5 heteroatoms. The molecule has 18 heavy (non-hydrogen) atoms. The topological polar surface area (TPSA) is 67.6 Å². The zero-order chi connectivity index (χ0) is 12.5. The average molecular weight is 258 g/mol. The molecule has 0 saturated heterocycles. The van der Waals surface area contributed by atoms with Gasteiger partial charge in [0.05, 0.1) is 16.7 Å². The maximum atomic E-state index is 5.58. The van der Waals surface area contributed by atoms with E-state index in [-0.39, 0.29) is 0 Å². The van der Waals surface area contributed by atoms with Crippen LogP contribution in [0.15, 0.2) is 23.6 Å². The monoisotopic (exact) mass is 258 g/mol. The third-order valence-electron chi connectivity index (χ3n) is 2.87. The van der Waals surface area contributed by atoms with Crippen LogP contribution in [-0.4, -0.2) is 15.0 Å². The summed E-state index contributed by atoms with van der Waals surface area (Å²) in [6.45, 7) is 2.58. The van der Waals surface area contributed by atoms with Gasteiger partial charge in [-0.2, -0.15) is 0 Å². The van der Waals surface area contributed by atoms with Crippen LogP contribution in [0.5, 0.6) is 0 Å². The molecule has 0 bridgehead atoms. The lowest BCUT2D eigenvalue weighted by Gasteiger charge is -1.95. The predicted octanol–water partition coefficient (Wildman–Crippen LogP) is 2.71. The van der Waals surface area contributed by atoms with Gasteiger partial charge in [0, 0.05) is 23.9 Å². The Morgan fingerprint density at radius 2 is 2.22 bits per heavy atom. The van der Waals surface area contributed by atoms with Crippen LogP contribution >= 0.6 is 11.3 Å². The number of nitrogens with zero attached hydrogens (tertiary/aromatic N) is 2. The van der Waals surface area contributed by atoms with E-state index in [1.54, 1.807) is 11.3 Å². The van der Waals surface area contributed by atoms with Crippen LogP contribution in [-0.2, 0) is 13.0 Å². The Morgan fingerprint density at radius 3 is 2.94 bits per heavy atom. The van der Waals surface area contributed by atoms with Gasteiger partial charge < -0.3 is 10.7 Å². The summed E-state index contributed by atoms with van der Waals surface area (Å²) in [6.07, 6.45) is 0.915. The van der Waals surface area contributed by atoms with Gasteiger partial charge in [-0.25, -0.2) is 9.97 Å². The van der Waals surface area contributed by atoms with Crippen molar-refractivity contribution in [3.8, 4) is 10.6 Å². The van der Waals surface area contributed by atoms with E-state index >= 15 is 0 Å². The zero-order valence-electron chi connectivity index (χ0n) is 10.1. The Bertz CT molecular complexity index is 683. The molecule has 2 heterocycles. The first-order valence-corrected chi connectivity index (χ1v) is 6.81. The number of thiazole rings is 1. The number of aromatic amines is 1. The maximum absolute atomic E-state index is 5.58. The highest BCUT2D eigenvalue weighted by atomic mass is 32.1. The van der Waals surface area contributed by atoms with Crippen molar-refractivity contribution in [2.45, 2.75) is 19.9 Å². The number of H-pyrrole nitrogens is 1. The highest BCUT2D eigenvalue weighted by Gasteiger charge is 2.07. The van der Waals surface area contributed by atoms with E-state index in [1.165, 1.54) is 0 Å². The Hall–Kier alpha value is -1.72. The first kappa shape index (κ1) is 11.4. The third-order valence-corrected chi connectivity index (χ3v) is 3.81. The van der Waals surface area contributed by atoms with E-state index in [0.29, 0.717) is 6.54 Å².